The fraction of sp³-hybridized carbons (Fsp3) is 0. The summed E-state index contributed by atoms with van der Waals surface area (Å²) in [7, 11) is 0. The Balaban J connectivity index is 1.30. The first-order chi connectivity index (χ1) is 21.5. The number of hydrogen-bond acceptors (Lipinski definition) is 6. The number of nitrogens with zero attached hydrogens (tertiary/aromatic N) is 1. The molecule has 1 aromatic heterocycles. The molecule has 1 heterocycles. The highest BCUT2D eigenvalue weighted by molar-refractivity contribution is 7.23. The second kappa shape index (κ2) is 12.7. The SMILES string of the molecule is C=CC(=O)Oc1ccc(-c2ccc(N(c3ccc(-c4ccc(OC(=O)C=C)cc4)cc3)c3cc4ccccc4s3)cc2)cc1. The minimum atomic E-state index is -0.485. The van der Waals surface area contributed by atoms with Crippen molar-refractivity contribution in [3.8, 4) is 33.8 Å². The van der Waals surface area contributed by atoms with Crippen LogP contribution >= 0.6 is 11.3 Å². The fourth-order valence-electron chi connectivity index (χ4n) is 4.83. The van der Waals surface area contributed by atoms with E-state index in [1.807, 2.05) is 24.3 Å². The summed E-state index contributed by atoms with van der Waals surface area (Å²) in [6.45, 7) is 6.88. The second-order valence-corrected chi connectivity index (χ2v) is 10.9. The predicted octanol–water partition coefficient (Wildman–Crippen LogP) is 9.89. The van der Waals surface area contributed by atoms with Crippen molar-refractivity contribution in [1.82, 2.24) is 0 Å². The third-order valence-electron chi connectivity index (χ3n) is 7.03. The highest BCUT2D eigenvalue weighted by Gasteiger charge is 2.16. The number of ether oxygens (including phenoxy) is 2. The van der Waals surface area contributed by atoms with Crippen LogP contribution in [0.2, 0.25) is 0 Å². The number of hydrogen-bond donors (Lipinski definition) is 0. The third kappa shape index (κ3) is 6.21. The van der Waals surface area contributed by atoms with Crippen molar-refractivity contribution in [2.45, 2.75) is 0 Å². The molecular weight excluding hydrogens is 566 g/mol. The zero-order valence-electron chi connectivity index (χ0n) is 23.7. The van der Waals surface area contributed by atoms with E-state index in [2.05, 4.69) is 96.9 Å². The van der Waals surface area contributed by atoms with Crippen LogP contribution in [-0.4, -0.2) is 11.9 Å². The van der Waals surface area contributed by atoms with Crippen LogP contribution in [0.4, 0.5) is 16.4 Å². The lowest BCUT2D eigenvalue weighted by molar-refractivity contribution is -0.129. The van der Waals surface area contributed by atoms with Crippen LogP contribution in [0.1, 0.15) is 0 Å². The van der Waals surface area contributed by atoms with E-state index < -0.39 is 11.9 Å². The molecule has 0 saturated carbocycles. The zero-order chi connectivity index (χ0) is 30.5. The molecular formula is C38H27NO4S. The highest BCUT2D eigenvalue weighted by Crippen LogP contribution is 2.42. The summed E-state index contributed by atoms with van der Waals surface area (Å²) in [5, 5.41) is 2.30. The van der Waals surface area contributed by atoms with E-state index in [0.717, 1.165) is 50.8 Å². The molecule has 0 fully saturated rings. The van der Waals surface area contributed by atoms with Gasteiger partial charge in [-0.2, -0.15) is 0 Å². The number of benzene rings is 5. The van der Waals surface area contributed by atoms with Crippen LogP contribution in [-0.2, 0) is 9.59 Å². The summed E-state index contributed by atoms with van der Waals surface area (Å²) < 4.78 is 11.6. The van der Waals surface area contributed by atoms with Crippen LogP contribution in [0.5, 0.6) is 11.5 Å². The zero-order valence-corrected chi connectivity index (χ0v) is 24.5. The molecule has 0 spiro atoms. The maximum Gasteiger partial charge on any atom is 0.335 e. The van der Waals surface area contributed by atoms with Gasteiger partial charge in [0.15, 0.2) is 0 Å². The lowest BCUT2D eigenvalue weighted by Crippen LogP contribution is -2.08. The normalized spacial score (nSPS) is 10.6. The topological polar surface area (TPSA) is 55.8 Å². The number of rotatable bonds is 9. The van der Waals surface area contributed by atoms with E-state index in [0.29, 0.717) is 11.5 Å². The van der Waals surface area contributed by atoms with Gasteiger partial charge in [0, 0.05) is 28.2 Å². The van der Waals surface area contributed by atoms with E-state index in [1.165, 1.54) is 10.1 Å². The van der Waals surface area contributed by atoms with Gasteiger partial charge in [0.2, 0.25) is 0 Å². The Labute approximate surface area is 259 Å². The van der Waals surface area contributed by atoms with Crippen molar-refractivity contribution in [3.05, 3.63) is 153 Å². The molecule has 0 amide bonds. The Morgan fingerprint density at radius 1 is 0.568 bits per heavy atom. The summed E-state index contributed by atoms with van der Waals surface area (Å²) in [6.07, 6.45) is 2.29. The molecule has 0 atom stereocenters. The predicted molar refractivity (Wildman–Crippen MR) is 179 cm³/mol. The molecule has 0 radical (unpaired) electrons. The van der Waals surface area contributed by atoms with Gasteiger partial charge in [-0.15, -0.1) is 11.3 Å². The Bertz CT molecular complexity index is 1810. The average Bonchev–Trinajstić information content (AvgIpc) is 3.50. The number of thiophene rings is 1. The summed E-state index contributed by atoms with van der Waals surface area (Å²) >= 11 is 1.74. The fourth-order valence-corrected chi connectivity index (χ4v) is 5.94. The minimum Gasteiger partial charge on any atom is -0.423 e. The van der Waals surface area contributed by atoms with Gasteiger partial charge in [-0.25, -0.2) is 9.59 Å². The number of esters is 2. The molecule has 5 nitrogen and oxygen atoms in total. The molecule has 6 aromatic rings. The molecule has 0 saturated heterocycles. The van der Waals surface area contributed by atoms with Crippen LogP contribution in [0, 0.1) is 0 Å². The molecule has 214 valence electrons. The second-order valence-electron chi connectivity index (χ2n) is 9.85. The first-order valence-corrected chi connectivity index (χ1v) is 14.7. The third-order valence-corrected chi connectivity index (χ3v) is 8.13. The van der Waals surface area contributed by atoms with Gasteiger partial charge >= 0.3 is 11.9 Å². The maximum absolute atomic E-state index is 11.5. The summed E-state index contributed by atoms with van der Waals surface area (Å²) in [6, 6.07) is 42.2. The van der Waals surface area contributed by atoms with E-state index in [-0.39, 0.29) is 0 Å². The van der Waals surface area contributed by atoms with Gasteiger partial charge in [-0.05, 0) is 88.3 Å². The summed E-state index contributed by atoms with van der Waals surface area (Å²) in [5.74, 6) is -0.0229. The average molecular weight is 594 g/mol. The molecule has 0 bridgehead atoms. The van der Waals surface area contributed by atoms with Crippen LogP contribution in [0.15, 0.2) is 153 Å². The smallest absolute Gasteiger partial charge is 0.335 e. The van der Waals surface area contributed by atoms with Gasteiger partial charge in [0.1, 0.15) is 16.5 Å². The Morgan fingerprint density at radius 3 is 1.39 bits per heavy atom. The molecule has 6 heteroatoms. The molecule has 44 heavy (non-hydrogen) atoms. The standard InChI is InChI=1S/C38H27NO4S/c1-3-37(40)42-33-21-13-28(14-22-33)26-9-17-31(18-10-26)39(36-25-30-7-5-6-8-35(30)44-36)32-19-11-27(12-20-32)29-15-23-34(24-16-29)43-38(41)4-2/h3-25H,1-2H2. The summed E-state index contributed by atoms with van der Waals surface area (Å²) in [5.41, 5.74) is 6.17. The van der Waals surface area contributed by atoms with Crippen LogP contribution < -0.4 is 14.4 Å². The van der Waals surface area contributed by atoms with Gasteiger partial charge < -0.3 is 14.4 Å². The van der Waals surface area contributed by atoms with Gasteiger partial charge in [-0.3, -0.25) is 0 Å². The van der Waals surface area contributed by atoms with E-state index in [4.69, 9.17) is 9.47 Å². The first kappa shape index (κ1) is 28.4. The lowest BCUT2D eigenvalue weighted by Gasteiger charge is -2.24. The van der Waals surface area contributed by atoms with Crippen molar-refractivity contribution >= 4 is 49.7 Å². The molecule has 0 aliphatic heterocycles. The number of carbonyl (C=O) groups is 2. The van der Waals surface area contributed by atoms with Gasteiger partial charge in [0.05, 0.1) is 0 Å². The van der Waals surface area contributed by atoms with Gasteiger partial charge in [-0.1, -0.05) is 79.9 Å². The van der Waals surface area contributed by atoms with Crippen molar-refractivity contribution in [2.75, 3.05) is 4.90 Å². The summed E-state index contributed by atoms with van der Waals surface area (Å²) in [4.78, 5) is 25.3. The largest absolute Gasteiger partial charge is 0.423 e. The van der Waals surface area contributed by atoms with Crippen LogP contribution in [0.25, 0.3) is 32.3 Å². The molecule has 0 aliphatic carbocycles. The number of anilines is 3. The Hall–Kier alpha value is -5.72. The van der Waals surface area contributed by atoms with Crippen molar-refractivity contribution < 1.29 is 19.1 Å². The van der Waals surface area contributed by atoms with Crippen molar-refractivity contribution in [1.29, 1.82) is 0 Å². The van der Waals surface area contributed by atoms with Crippen LogP contribution in [0.3, 0.4) is 0 Å². The monoisotopic (exact) mass is 593 g/mol. The number of carbonyl (C=O) groups excluding carboxylic acids is 2. The molecule has 5 aromatic carbocycles. The first-order valence-electron chi connectivity index (χ1n) is 13.9. The molecule has 0 aliphatic rings. The lowest BCUT2D eigenvalue weighted by atomic mass is 10.0. The van der Waals surface area contributed by atoms with E-state index in [9.17, 15) is 9.59 Å². The van der Waals surface area contributed by atoms with E-state index >= 15 is 0 Å². The van der Waals surface area contributed by atoms with Crippen molar-refractivity contribution in [2.24, 2.45) is 0 Å². The Morgan fingerprint density at radius 2 is 0.977 bits per heavy atom. The van der Waals surface area contributed by atoms with Gasteiger partial charge in [0.25, 0.3) is 0 Å². The molecule has 0 N–H and O–H groups in total. The Kier molecular flexibility index (Phi) is 8.17. The van der Waals surface area contributed by atoms with E-state index in [1.54, 1.807) is 35.6 Å². The minimum absolute atomic E-state index is 0.474. The quantitative estimate of drug-likeness (QED) is 0.0949. The highest BCUT2D eigenvalue weighted by atomic mass is 32.1. The molecule has 0 unspecified atom stereocenters. The molecule has 6 rings (SSSR count). The maximum atomic E-state index is 11.5. The van der Waals surface area contributed by atoms with Crippen molar-refractivity contribution in [3.63, 3.8) is 0 Å². The number of fused-ring (bicyclic) bond motifs is 1.